The Hall–Kier alpha value is -1.36. The third-order valence-electron chi connectivity index (χ3n) is 1.71. The lowest BCUT2D eigenvalue weighted by atomic mass is 10.1. The summed E-state index contributed by atoms with van der Waals surface area (Å²) >= 11 is 2.10. The van der Waals surface area contributed by atoms with Gasteiger partial charge in [0.15, 0.2) is 0 Å². The van der Waals surface area contributed by atoms with Crippen LogP contribution in [0.5, 0.6) is 0 Å². The molecule has 0 saturated carbocycles. The van der Waals surface area contributed by atoms with Crippen molar-refractivity contribution in [3.05, 3.63) is 40.8 Å². The summed E-state index contributed by atoms with van der Waals surface area (Å²) in [5, 5.41) is 22.7. The molecule has 2 nitrogen and oxygen atoms in total. The second kappa shape index (κ2) is 6.19. The molecule has 0 spiro atoms. The quantitative estimate of drug-likeness (QED) is 0.745. The monoisotopic (exact) mass is 232 g/mol. The Labute approximate surface area is 97.6 Å². The Bertz CT molecular complexity index is 435. The van der Waals surface area contributed by atoms with Crippen LogP contribution in [0.1, 0.15) is 11.1 Å². The van der Waals surface area contributed by atoms with E-state index in [1.165, 1.54) is 5.56 Å². The molecule has 0 aliphatic rings. The van der Waals surface area contributed by atoms with Crippen molar-refractivity contribution in [2.24, 2.45) is 0 Å². The molecule has 1 aromatic rings. The topological polar surface area (TPSA) is 47.6 Å². The second-order valence-corrected chi connectivity index (χ2v) is 4.23. The fourth-order valence-corrected chi connectivity index (χ4v) is 1.98. The number of benzene rings is 1. The normalized spacial score (nSPS) is 10.5. The van der Waals surface area contributed by atoms with Gasteiger partial charge in [-0.25, -0.2) is 0 Å². The van der Waals surface area contributed by atoms with E-state index in [2.05, 4.69) is 0 Å². The molecule has 0 saturated heterocycles. The number of thiocyanates is 2. The lowest BCUT2D eigenvalue weighted by Crippen LogP contribution is -1.79. The van der Waals surface area contributed by atoms with Crippen LogP contribution in [0.4, 0.5) is 0 Å². The fraction of sp³-hybridized carbons (Fsp3) is 0.0909. The molecule has 0 fully saturated rings. The predicted molar refractivity (Wildman–Crippen MR) is 65.6 cm³/mol. The van der Waals surface area contributed by atoms with Gasteiger partial charge in [0, 0.05) is 10.3 Å². The van der Waals surface area contributed by atoms with Crippen LogP contribution in [0.2, 0.25) is 0 Å². The van der Waals surface area contributed by atoms with Crippen LogP contribution in [0.25, 0.3) is 4.91 Å². The summed E-state index contributed by atoms with van der Waals surface area (Å²) < 4.78 is 0. The zero-order chi connectivity index (χ0) is 11.1. The minimum absolute atomic E-state index is 0.809. The number of hydrogen-bond acceptors (Lipinski definition) is 4. The zero-order valence-corrected chi connectivity index (χ0v) is 9.73. The molecule has 0 amide bonds. The van der Waals surface area contributed by atoms with Gasteiger partial charge in [0.2, 0.25) is 0 Å². The van der Waals surface area contributed by atoms with Crippen LogP contribution < -0.4 is 0 Å². The van der Waals surface area contributed by atoms with Crippen molar-refractivity contribution in [2.75, 3.05) is 0 Å². The van der Waals surface area contributed by atoms with Crippen LogP contribution in [0.15, 0.2) is 29.7 Å². The standard InChI is InChI=1S/C11H8N2S2/c1-9-2-4-10(5-3-9)11(15-8-13)6-14-7-12/h2-6H,1H3. The molecule has 0 unspecified atom stereocenters. The van der Waals surface area contributed by atoms with Crippen LogP contribution in [-0.4, -0.2) is 0 Å². The zero-order valence-electron chi connectivity index (χ0n) is 8.10. The van der Waals surface area contributed by atoms with Crippen LogP contribution in [0, 0.1) is 28.3 Å². The van der Waals surface area contributed by atoms with Crippen molar-refractivity contribution >= 4 is 28.4 Å². The van der Waals surface area contributed by atoms with Gasteiger partial charge in [0.1, 0.15) is 10.8 Å². The van der Waals surface area contributed by atoms with Crippen LogP contribution >= 0.6 is 23.5 Å². The van der Waals surface area contributed by atoms with Gasteiger partial charge in [-0.3, -0.25) is 0 Å². The third kappa shape index (κ3) is 3.71. The van der Waals surface area contributed by atoms with E-state index in [-0.39, 0.29) is 0 Å². The molecule has 15 heavy (non-hydrogen) atoms. The highest BCUT2D eigenvalue weighted by Crippen LogP contribution is 2.29. The molecular weight excluding hydrogens is 224 g/mol. The van der Waals surface area contributed by atoms with Crippen molar-refractivity contribution in [2.45, 2.75) is 6.92 Å². The molecule has 0 aliphatic carbocycles. The minimum Gasteiger partial charge on any atom is -0.185 e. The maximum absolute atomic E-state index is 8.63. The first-order chi connectivity index (χ1) is 7.27. The van der Waals surface area contributed by atoms with Crippen LogP contribution in [-0.2, 0) is 0 Å². The van der Waals surface area contributed by atoms with Crippen molar-refractivity contribution in [3.63, 3.8) is 0 Å². The molecular formula is C11H8N2S2. The number of nitrogens with zero attached hydrogens (tertiary/aromatic N) is 2. The van der Waals surface area contributed by atoms with E-state index < -0.39 is 0 Å². The van der Waals surface area contributed by atoms with Gasteiger partial charge in [0.25, 0.3) is 0 Å². The molecule has 0 atom stereocenters. The number of hydrogen-bond donors (Lipinski definition) is 0. The summed E-state index contributed by atoms with van der Waals surface area (Å²) in [5.74, 6) is 0. The molecule has 0 N–H and O–H groups in total. The van der Waals surface area contributed by atoms with Gasteiger partial charge in [-0.15, -0.1) is 0 Å². The molecule has 0 bridgehead atoms. The van der Waals surface area contributed by atoms with Gasteiger partial charge in [-0.1, -0.05) is 29.8 Å². The van der Waals surface area contributed by atoms with Crippen LogP contribution in [0.3, 0.4) is 0 Å². The van der Waals surface area contributed by atoms with Crippen molar-refractivity contribution in [1.82, 2.24) is 0 Å². The van der Waals surface area contributed by atoms with E-state index in [9.17, 15) is 0 Å². The Morgan fingerprint density at radius 1 is 1.20 bits per heavy atom. The SMILES string of the molecule is Cc1ccc(C(=CSC#N)SC#N)cc1. The summed E-state index contributed by atoms with van der Waals surface area (Å²) in [6.07, 6.45) is 0. The summed E-state index contributed by atoms with van der Waals surface area (Å²) in [4.78, 5) is 0.809. The minimum atomic E-state index is 0.809. The molecule has 0 heterocycles. The smallest absolute Gasteiger partial charge is 0.138 e. The molecule has 1 aromatic carbocycles. The molecule has 0 aromatic heterocycles. The number of rotatable bonds is 3. The Morgan fingerprint density at radius 2 is 1.87 bits per heavy atom. The lowest BCUT2D eigenvalue weighted by Gasteiger charge is -2.01. The lowest BCUT2D eigenvalue weighted by molar-refractivity contribution is 1.46. The second-order valence-electron chi connectivity index (χ2n) is 2.75. The van der Waals surface area contributed by atoms with E-state index in [1.807, 2.05) is 42.0 Å². The van der Waals surface area contributed by atoms with Gasteiger partial charge in [-0.2, -0.15) is 10.5 Å². The first-order valence-electron chi connectivity index (χ1n) is 4.16. The molecule has 74 valence electrons. The third-order valence-corrected chi connectivity index (χ3v) is 2.98. The fourth-order valence-electron chi connectivity index (χ4n) is 0.998. The van der Waals surface area contributed by atoms with Gasteiger partial charge >= 0.3 is 0 Å². The van der Waals surface area contributed by atoms with E-state index in [1.54, 1.807) is 5.41 Å². The number of aryl methyl sites for hydroxylation is 1. The van der Waals surface area contributed by atoms with Crippen molar-refractivity contribution < 1.29 is 0 Å². The highest BCUT2D eigenvalue weighted by molar-refractivity contribution is 8.14. The van der Waals surface area contributed by atoms with Gasteiger partial charge in [0.05, 0.1) is 0 Å². The average Bonchev–Trinajstić information content (AvgIpc) is 2.25. The average molecular weight is 232 g/mol. The van der Waals surface area contributed by atoms with Gasteiger partial charge < -0.3 is 0 Å². The van der Waals surface area contributed by atoms with E-state index in [0.717, 1.165) is 34.0 Å². The molecule has 0 aliphatic heterocycles. The maximum atomic E-state index is 8.63. The largest absolute Gasteiger partial charge is 0.185 e. The Balaban J connectivity index is 2.96. The van der Waals surface area contributed by atoms with E-state index in [0.29, 0.717) is 0 Å². The Morgan fingerprint density at radius 3 is 2.40 bits per heavy atom. The highest BCUT2D eigenvalue weighted by Gasteiger charge is 2.01. The summed E-state index contributed by atoms with van der Waals surface area (Å²) in [7, 11) is 0. The summed E-state index contributed by atoms with van der Waals surface area (Å²) in [5.41, 5.74) is 2.14. The summed E-state index contributed by atoms with van der Waals surface area (Å²) in [6.45, 7) is 2.01. The van der Waals surface area contributed by atoms with Gasteiger partial charge in [-0.05, 0) is 36.0 Å². The highest BCUT2D eigenvalue weighted by atomic mass is 32.2. The van der Waals surface area contributed by atoms with E-state index >= 15 is 0 Å². The molecule has 0 radical (unpaired) electrons. The molecule has 1 rings (SSSR count). The predicted octanol–water partition coefficient (Wildman–Crippen LogP) is 3.72. The number of nitriles is 2. The summed E-state index contributed by atoms with van der Waals surface area (Å²) in [6, 6.07) is 7.86. The van der Waals surface area contributed by atoms with Crippen molar-refractivity contribution in [1.29, 1.82) is 10.5 Å². The Kier molecular flexibility index (Phi) is 4.83. The van der Waals surface area contributed by atoms with Crippen molar-refractivity contribution in [3.8, 4) is 10.8 Å². The first kappa shape index (κ1) is 11.7. The van der Waals surface area contributed by atoms with E-state index in [4.69, 9.17) is 10.5 Å². The molecule has 4 heteroatoms. The maximum Gasteiger partial charge on any atom is 0.138 e. The number of thioether (sulfide) groups is 2. The first-order valence-corrected chi connectivity index (χ1v) is 5.85.